The van der Waals surface area contributed by atoms with Gasteiger partial charge >= 0.3 is 0 Å². The molecule has 1 aromatic carbocycles. The number of aryl methyl sites for hydroxylation is 2. The average molecular weight is 325 g/mol. The quantitative estimate of drug-likeness (QED) is 0.716. The van der Waals surface area contributed by atoms with Gasteiger partial charge in [-0.2, -0.15) is 0 Å². The van der Waals surface area contributed by atoms with Crippen LogP contribution in [0.5, 0.6) is 0 Å². The van der Waals surface area contributed by atoms with E-state index in [0.29, 0.717) is 0 Å². The number of aromatic nitrogens is 1. The highest BCUT2D eigenvalue weighted by atomic mass is 35.5. The summed E-state index contributed by atoms with van der Waals surface area (Å²) in [4.78, 5) is 7.32. The van der Waals surface area contributed by atoms with E-state index in [-0.39, 0.29) is 12.4 Å². The first-order valence-electron chi connectivity index (χ1n) is 7.37. The molecule has 1 aromatic heterocycles. The van der Waals surface area contributed by atoms with Gasteiger partial charge in [0, 0.05) is 17.7 Å². The summed E-state index contributed by atoms with van der Waals surface area (Å²) in [6.07, 6.45) is 0. The van der Waals surface area contributed by atoms with Crippen molar-refractivity contribution in [2.24, 2.45) is 0 Å². The van der Waals surface area contributed by atoms with Gasteiger partial charge in [-0.1, -0.05) is 32.0 Å². The molecule has 0 atom stereocenters. The molecule has 0 aliphatic heterocycles. The van der Waals surface area contributed by atoms with Gasteiger partial charge in [0.1, 0.15) is 0 Å². The predicted molar refractivity (Wildman–Crippen MR) is 97.0 cm³/mol. The number of fused-ring (bicyclic) bond motifs is 1. The van der Waals surface area contributed by atoms with E-state index in [0.717, 1.165) is 30.9 Å². The molecule has 0 unspecified atom stereocenters. The Morgan fingerprint density at radius 3 is 2.48 bits per heavy atom. The zero-order valence-corrected chi connectivity index (χ0v) is 15.0. The molecule has 2 rings (SSSR count). The normalized spacial score (nSPS) is 10.9. The summed E-state index contributed by atoms with van der Waals surface area (Å²) in [6, 6.07) is 8.64. The average Bonchev–Trinajstić information content (AvgIpc) is 2.45. The standard InChI is InChI=1S/C17H24N2S.ClH/c1-5-19(6-2)10-11-20-17-14(4)12-15-9-7-8-13(3)16(15)18-17;/h7-9,12H,5-6,10-11H2,1-4H3;1H. The minimum atomic E-state index is 0. The maximum atomic E-state index is 4.87. The number of para-hydroxylation sites is 1. The molecule has 0 radical (unpaired) electrons. The zero-order chi connectivity index (χ0) is 14.5. The SMILES string of the molecule is CCN(CC)CCSc1nc2c(C)cccc2cc1C.Cl. The predicted octanol–water partition coefficient (Wildman–Crippen LogP) is 4.71. The van der Waals surface area contributed by atoms with Gasteiger partial charge in [-0.25, -0.2) is 4.98 Å². The lowest BCUT2D eigenvalue weighted by molar-refractivity contribution is 0.324. The van der Waals surface area contributed by atoms with Crippen molar-refractivity contribution in [3.05, 3.63) is 35.4 Å². The van der Waals surface area contributed by atoms with E-state index in [1.54, 1.807) is 0 Å². The lowest BCUT2D eigenvalue weighted by atomic mass is 10.1. The van der Waals surface area contributed by atoms with E-state index in [2.05, 4.69) is 56.9 Å². The Morgan fingerprint density at radius 1 is 1.10 bits per heavy atom. The molecule has 0 saturated heterocycles. The van der Waals surface area contributed by atoms with E-state index in [1.807, 2.05) is 11.8 Å². The highest BCUT2D eigenvalue weighted by Crippen LogP contribution is 2.25. The third-order valence-electron chi connectivity index (χ3n) is 3.73. The largest absolute Gasteiger partial charge is 0.303 e. The molecule has 0 fully saturated rings. The molecule has 0 N–H and O–H groups in total. The molecule has 4 heteroatoms. The molecule has 2 aromatic rings. The van der Waals surface area contributed by atoms with Crippen molar-refractivity contribution in [3.63, 3.8) is 0 Å². The first-order chi connectivity index (χ1) is 9.65. The molecular formula is C17H25ClN2S. The van der Waals surface area contributed by atoms with Gasteiger partial charge in [0.25, 0.3) is 0 Å². The molecular weight excluding hydrogens is 300 g/mol. The van der Waals surface area contributed by atoms with E-state index >= 15 is 0 Å². The Morgan fingerprint density at radius 2 is 1.81 bits per heavy atom. The summed E-state index contributed by atoms with van der Waals surface area (Å²) in [5.41, 5.74) is 3.68. The number of hydrogen-bond donors (Lipinski definition) is 0. The molecule has 116 valence electrons. The van der Waals surface area contributed by atoms with Crippen LogP contribution in [0.15, 0.2) is 29.3 Å². The van der Waals surface area contributed by atoms with Crippen molar-refractivity contribution in [3.8, 4) is 0 Å². The maximum Gasteiger partial charge on any atom is 0.0997 e. The van der Waals surface area contributed by atoms with Crippen molar-refractivity contribution in [1.82, 2.24) is 9.88 Å². The highest BCUT2D eigenvalue weighted by Gasteiger charge is 2.07. The van der Waals surface area contributed by atoms with Crippen LogP contribution in [0.1, 0.15) is 25.0 Å². The molecule has 0 spiro atoms. The van der Waals surface area contributed by atoms with Gasteiger partial charge in [0.2, 0.25) is 0 Å². The summed E-state index contributed by atoms with van der Waals surface area (Å²) in [5, 5.41) is 2.43. The highest BCUT2D eigenvalue weighted by molar-refractivity contribution is 7.99. The van der Waals surface area contributed by atoms with Crippen molar-refractivity contribution in [2.75, 3.05) is 25.4 Å². The minimum absolute atomic E-state index is 0. The molecule has 0 amide bonds. The first-order valence-corrected chi connectivity index (χ1v) is 8.36. The second-order valence-electron chi connectivity index (χ2n) is 5.13. The Labute approximate surface area is 138 Å². The van der Waals surface area contributed by atoms with Gasteiger partial charge in [0.05, 0.1) is 10.5 Å². The number of hydrogen-bond acceptors (Lipinski definition) is 3. The second kappa shape index (κ2) is 8.62. The first kappa shape index (κ1) is 18.3. The summed E-state index contributed by atoms with van der Waals surface area (Å²) in [6.45, 7) is 12.1. The van der Waals surface area contributed by atoms with Crippen molar-refractivity contribution in [1.29, 1.82) is 0 Å². The van der Waals surface area contributed by atoms with E-state index in [1.165, 1.54) is 21.5 Å². The number of thioether (sulfide) groups is 1. The summed E-state index contributed by atoms with van der Waals surface area (Å²) < 4.78 is 0. The monoisotopic (exact) mass is 324 g/mol. The smallest absolute Gasteiger partial charge is 0.0997 e. The fourth-order valence-electron chi connectivity index (χ4n) is 2.39. The number of rotatable bonds is 6. The van der Waals surface area contributed by atoms with Crippen LogP contribution >= 0.6 is 24.2 Å². The van der Waals surface area contributed by atoms with Crippen molar-refractivity contribution < 1.29 is 0 Å². The third-order valence-corrected chi connectivity index (χ3v) is 4.81. The lowest BCUT2D eigenvalue weighted by Gasteiger charge is -2.17. The molecule has 0 aliphatic carbocycles. The van der Waals surface area contributed by atoms with Gasteiger partial charge in [-0.05, 0) is 44.1 Å². The molecule has 0 aliphatic rings. The van der Waals surface area contributed by atoms with Crippen LogP contribution in [0.3, 0.4) is 0 Å². The van der Waals surface area contributed by atoms with Crippen LogP contribution in [0, 0.1) is 13.8 Å². The van der Waals surface area contributed by atoms with Crippen LogP contribution in [0.25, 0.3) is 10.9 Å². The van der Waals surface area contributed by atoms with E-state index < -0.39 is 0 Å². The van der Waals surface area contributed by atoms with Crippen LogP contribution < -0.4 is 0 Å². The summed E-state index contributed by atoms with van der Waals surface area (Å²) in [7, 11) is 0. The number of pyridine rings is 1. The number of halogens is 1. The van der Waals surface area contributed by atoms with E-state index in [4.69, 9.17) is 4.98 Å². The molecule has 1 heterocycles. The summed E-state index contributed by atoms with van der Waals surface area (Å²) in [5.74, 6) is 1.10. The van der Waals surface area contributed by atoms with Gasteiger partial charge in [-0.3, -0.25) is 0 Å². The van der Waals surface area contributed by atoms with Crippen molar-refractivity contribution in [2.45, 2.75) is 32.7 Å². The Hall–Kier alpha value is -0.770. The molecule has 0 bridgehead atoms. The Bertz CT molecular complexity index is 582. The van der Waals surface area contributed by atoms with Crippen LogP contribution in [-0.2, 0) is 0 Å². The Balaban J connectivity index is 0.00000220. The van der Waals surface area contributed by atoms with Crippen LogP contribution in [-0.4, -0.2) is 35.3 Å². The third kappa shape index (κ3) is 4.60. The topological polar surface area (TPSA) is 16.1 Å². The van der Waals surface area contributed by atoms with Crippen molar-refractivity contribution >= 4 is 35.1 Å². The van der Waals surface area contributed by atoms with Gasteiger partial charge in [0.15, 0.2) is 0 Å². The van der Waals surface area contributed by atoms with Crippen LogP contribution in [0.2, 0.25) is 0 Å². The maximum absolute atomic E-state index is 4.87. The molecule has 0 saturated carbocycles. The van der Waals surface area contributed by atoms with E-state index in [9.17, 15) is 0 Å². The lowest BCUT2D eigenvalue weighted by Crippen LogP contribution is -2.25. The second-order valence-corrected chi connectivity index (χ2v) is 6.22. The van der Waals surface area contributed by atoms with Gasteiger partial charge < -0.3 is 4.90 Å². The Kier molecular flexibility index (Phi) is 7.50. The fourth-order valence-corrected chi connectivity index (χ4v) is 3.38. The van der Waals surface area contributed by atoms with Gasteiger partial charge in [-0.15, -0.1) is 24.2 Å². The number of nitrogens with zero attached hydrogens (tertiary/aromatic N) is 2. The summed E-state index contributed by atoms with van der Waals surface area (Å²) >= 11 is 1.88. The van der Waals surface area contributed by atoms with Crippen LogP contribution in [0.4, 0.5) is 0 Å². The fraction of sp³-hybridized carbons (Fsp3) is 0.471. The minimum Gasteiger partial charge on any atom is -0.303 e. The molecule has 2 nitrogen and oxygen atoms in total. The molecule has 21 heavy (non-hydrogen) atoms. The number of benzene rings is 1. The zero-order valence-electron chi connectivity index (χ0n) is 13.3.